The highest BCUT2D eigenvalue weighted by atomic mass is 16.3. The molecule has 0 aliphatic heterocycles. The minimum Gasteiger partial charge on any atom is -0.508 e. The predicted octanol–water partition coefficient (Wildman–Crippen LogP) is 1.58. The van der Waals surface area contributed by atoms with Gasteiger partial charge in [0.1, 0.15) is 5.75 Å². The summed E-state index contributed by atoms with van der Waals surface area (Å²) < 4.78 is 0. The van der Waals surface area contributed by atoms with Crippen molar-refractivity contribution in [1.29, 1.82) is 0 Å². The number of benzene rings is 1. The van der Waals surface area contributed by atoms with Gasteiger partial charge in [0.2, 0.25) is 5.91 Å². The van der Waals surface area contributed by atoms with E-state index in [0.717, 1.165) is 11.1 Å². The Hall–Kier alpha value is -1.95. The van der Waals surface area contributed by atoms with Crippen molar-refractivity contribution in [3.8, 4) is 17.6 Å². The molecule has 0 spiro atoms. The predicted molar refractivity (Wildman–Crippen MR) is 63.0 cm³/mol. The van der Waals surface area contributed by atoms with Crippen molar-refractivity contribution < 1.29 is 9.90 Å². The van der Waals surface area contributed by atoms with Crippen LogP contribution < -0.4 is 5.32 Å². The average Bonchev–Trinajstić information content (AvgIpc) is 2.22. The van der Waals surface area contributed by atoms with Gasteiger partial charge in [-0.15, -0.1) is 0 Å². The summed E-state index contributed by atoms with van der Waals surface area (Å²) in [5.41, 5.74) is 1.69. The van der Waals surface area contributed by atoms with Crippen LogP contribution in [-0.4, -0.2) is 17.6 Å². The number of aromatic hydroxyl groups is 1. The number of phenolic OH excluding ortho intramolecular Hbond substituents is 1. The fourth-order valence-electron chi connectivity index (χ4n) is 1.20. The molecule has 1 rings (SSSR count). The Morgan fingerprint density at radius 1 is 1.50 bits per heavy atom. The van der Waals surface area contributed by atoms with Crippen molar-refractivity contribution in [2.45, 2.75) is 20.3 Å². The lowest BCUT2D eigenvalue weighted by Crippen LogP contribution is -2.20. The molecule has 0 fully saturated rings. The van der Waals surface area contributed by atoms with Gasteiger partial charge in [0.05, 0.1) is 0 Å². The Labute approximate surface area is 95.5 Å². The van der Waals surface area contributed by atoms with Gasteiger partial charge in [0.15, 0.2) is 0 Å². The topological polar surface area (TPSA) is 49.3 Å². The third kappa shape index (κ3) is 4.05. The monoisotopic (exact) mass is 217 g/mol. The second-order valence-electron chi connectivity index (χ2n) is 3.54. The quantitative estimate of drug-likeness (QED) is 0.583. The fourth-order valence-corrected chi connectivity index (χ4v) is 1.20. The first-order chi connectivity index (χ1) is 7.59. The van der Waals surface area contributed by atoms with Crippen molar-refractivity contribution >= 4 is 5.91 Å². The lowest BCUT2D eigenvalue weighted by molar-refractivity contribution is -0.118. The van der Waals surface area contributed by atoms with Crippen LogP contribution in [0.25, 0.3) is 0 Å². The Balaban J connectivity index is 2.50. The van der Waals surface area contributed by atoms with E-state index in [-0.39, 0.29) is 11.7 Å². The third-order valence-electron chi connectivity index (χ3n) is 2.05. The van der Waals surface area contributed by atoms with Gasteiger partial charge in [-0.1, -0.05) is 11.8 Å². The van der Waals surface area contributed by atoms with Crippen LogP contribution >= 0.6 is 0 Å². The first kappa shape index (κ1) is 12.1. The summed E-state index contributed by atoms with van der Waals surface area (Å²) in [6.45, 7) is 3.88. The van der Waals surface area contributed by atoms with E-state index < -0.39 is 0 Å². The molecule has 0 radical (unpaired) electrons. The third-order valence-corrected chi connectivity index (χ3v) is 2.05. The van der Waals surface area contributed by atoms with E-state index in [2.05, 4.69) is 17.2 Å². The van der Waals surface area contributed by atoms with Crippen LogP contribution in [0.3, 0.4) is 0 Å². The molecule has 0 aliphatic rings. The lowest BCUT2D eigenvalue weighted by Gasteiger charge is -1.98. The summed E-state index contributed by atoms with van der Waals surface area (Å²) in [7, 11) is 0. The van der Waals surface area contributed by atoms with Crippen LogP contribution in [0.4, 0.5) is 0 Å². The number of rotatable bonds is 2. The van der Waals surface area contributed by atoms with E-state index >= 15 is 0 Å². The number of phenols is 1. The highest BCUT2D eigenvalue weighted by Gasteiger charge is 1.94. The van der Waals surface area contributed by atoms with E-state index in [9.17, 15) is 9.90 Å². The van der Waals surface area contributed by atoms with E-state index in [0.29, 0.717) is 13.0 Å². The van der Waals surface area contributed by atoms with Gasteiger partial charge in [-0.3, -0.25) is 4.79 Å². The zero-order valence-corrected chi connectivity index (χ0v) is 9.50. The second-order valence-corrected chi connectivity index (χ2v) is 3.54. The molecule has 2 N–H and O–H groups in total. The first-order valence-corrected chi connectivity index (χ1v) is 5.12. The summed E-state index contributed by atoms with van der Waals surface area (Å²) in [6.07, 6.45) is 0.625. The Morgan fingerprint density at radius 2 is 2.25 bits per heavy atom. The van der Waals surface area contributed by atoms with Crippen molar-refractivity contribution in [2.75, 3.05) is 6.54 Å². The molecule has 0 aliphatic carbocycles. The normalized spacial score (nSPS) is 9.12. The maximum Gasteiger partial charge on any atom is 0.216 e. The average molecular weight is 217 g/mol. The van der Waals surface area contributed by atoms with Crippen molar-refractivity contribution in [3.63, 3.8) is 0 Å². The van der Waals surface area contributed by atoms with Crippen LogP contribution in [-0.2, 0) is 4.79 Å². The van der Waals surface area contributed by atoms with Crippen LogP contribution in [0.5, 0.6) is 5.75 Å². The molecule has 0 unspecified atom stereocenters. The van der Waals surface area contributed by atoms with Crippen molar-refractivity contribution in [1.82, 2.24) is 5.32 Å². The van der Waals surface area contributed by atoms with Crippen LogP contribution in [0, 0.1) is 18.8 Å². The Morgan fingerprint density at radius 3 is 2.88 bits per heavy atom. The van der Waals surface area contributed by atoms with Gasteiger partial charge in [0.25, 0.3) is 0 Å². The van der Waals surface area contributed by atoms with E-state index in [1.807, 2.05) is 13.0 Å². The summed E-state index contributed by atoms with van der Waals surface area (Å²) in [6, 6.07) is 5.24. The highest BCUT2D eigenvalue weighted by molar-refractivity contribution is 5.72. The summed E-state index contributed by atoms with van der Waals surface area (Å²) in [5, 5.41) is 12.0. The fraction of sp³-hybridized carbons (Fsp3) is 0.308. The van der Waals surface area contributed by atoms with Crippen molar-refractivity contribution in [3.05, 3.63) is 29.3 Å². The number of aryl methyl sites for hydroxylation is 1. The highest BCUT2D eigenvalue weighted by Crippen LogP contribution is 2.15. The molecule has 1 aromatic carbocycles. The van der Waals surface area contributed by atoms with Gasteiger partial charge in [-0.2, -0.15) is 0 Å². The molecule has 16 heavy (non-hydrogen) atoms. The molecule has 1 aromatic rings. The van der Waals surface area contributed by atoms with Gasteiger partial charge >= 0.3 is 0 Å². The molecule has 0 heterocycles. The van der Waals surface area contributed by atoms with E-state index in [1.165, 1.54) is 6.92 Å². The molecule has 84 valence electrons. The van der Waals surface area contributed by atoms with Gasteiger partial charge in [-0.05, 0) is 30.7 Å². The molecule has 3 nitrogen and oxygen atoms in total. The Bertz CT molecular complexity index is 441. The first-order valence-electron chi connectivity index (χ1n) is 5.12. The summed E-state index contributed by atoms with van der Waals surface area (Å²) in [5.74, 6) is 6.17. The minimum atomic E-state index is -0.0396. The number of hydrogen-bond donors (Lipinski definition) is 2. The Kier molecular flexibility index (Phi) is 4.41. The number of nitrogens with one attached hydrogen (secondary N) is 1. The van der Waals surface area contributed by atoms with Crippen LogP contribution in [0.15, 0.2) is 18.2 Å². The molecule has 3 heteroatoms. The number of carbonyl (C=O) groups excluding carboxylic acids is 1. The molecular formula is C13H15NO2. The molecule has 0 saturated heterocycles. The number of amides is 1. The smallest absolute Gasteiger partial charge is 0.216 e. The van der Waals surface area contributed by atoms with Gasteiger partial charge in [-0.25, -0.2) is 0 Å². The molecule has 0 atom stereocenters. The molecule has 0 saturated carbocycles. The van der Waals surface area contributed by atoms with E-state index in [4.69, 9.17) is 0 Å². The van der Waals surface area contributed by atoms with Crippen LogP contribution in [0.2, 0.25) is 0 Å². The lowest BCUT2D eigenvalue weighted by atomic mass is 10.1. The standard InChI is InChI=1S/C13H15NO2/c1-10-9-12(6-7-13(10)16)5-3-4-8-14-11(2)15/h6-7,9,16H,4,8H2,1-2H3,(H,14,15). The number of carbonyl (C=O) groups is 1. The molecule has 0 aromatic heterocycles. The zero-order chi connectivity index (χ0) is 12.0. The second kappa shape index (κ2) is 5.82. The van der Waals surface area contributed by atoms with Gasteiger partial charge < -0.3 is 10.4 Å². The largest absolute Gasteiger partial charge is 0.508 e. The summed E-state index contributed by atoms with van der Waals surface area (Å²) >= 11 is 0. The maximum absolute atomic E-state index is 10.6. The van der Waals surface area contributed by atoms with Gasteiger partial charge in [0, 0.05) is 25.5 Å². The zero-order valence-electron chi connectivity index (χ0n) is 9.50. The van der Waals surface area contributed by atoms with Crippen molar-refractivity contribution in [2.24, 2.45) is 0 Å². The SMILES string of the molecule is CC(=O)NCCC#Cc1ccc(O)c(C)c1. The van der Waals surface area contributed by atoms with Crippen LogP contribution in [0.1, 0.15) is 24.5 Å². The minimum absolute atomic E-state index is 0.0396. The molecule has 1 amide bonds. The van der Waals surface area contributed by atoms with E-state index in [1.54, 1.807) is 12.1 Å². The molecule has 0 bridgehead atoms. The number of hydrogen-bond acceptors (Lipinski definition) is 2. The summed E-state index contributed by atoms with van der Waals surface area (Å²) in [4.78, 5) is 10.6. The molecular weight excluding hydrogens is 202 g/mol. The maximum atomic E-state index is 10.6.